The number of anilines is 1. The number of aromatic nitrogens is 1. The van der Waals surface area contributed by atoms with Crippen LogP contribution in [0.4, 0.5) is 15.0 Å². The Morgan fingerprint density at radius 2 is 1.96 bits per heavy atom. The van der Waals surface area contributed by atoms with Gasteiger partial charge in [0.15, 0.2) is 0 Å². The molecule has 118 valence electrons. The Balaban J connectivity index is 1.65. The standard InChI is InChI=1S/C18H18FN3O/c1-21-15-6-3-7-16(15)22(18(21)23)17-9-8-13(11-20-17)12-4-2-5-14(19)10-12/h2,4-5,8-11,15-16H,3,6-7H2,1H3/t15-,16+/m0/s1. The Hall–Kier alpha value is -2.43. The molecule has 1 saturated carbocycles. The van der Waals surface area contributed by atoms with E-state index < -0.39 is 0 Å². The van der Waals surface area contributed by atoms with Crippen molar-refractivity contribution < 1.29 is 9.18 Å². The van der Waals surface area contributed by atoms with Crippen LogP contribution in [0.5, 0.6) is 0 Å². The van der Waals surface area contributed by atoms with Gasteiger partial charge in [-0.25, -0.2) is 14.2 Å². The van der Waals surface area contributed by atoms with Gasteiger partial charge in [0, 0.05) is 18.8 Å². The molecule has 0 N–H and O–H groups in total. The van der Waals surface area contributed by atoms with Crippen LogP contribution in [0.25, 0.3) is 11.1 Å². The van der Waals surface area contributed by atoms with E-state index >= 15 is 0 Å². The maximum Gasteiger partial charge on any atom is 0.326 e. The number of amides is 2. The zero-order valence-corrected chi connectivity index (χ0v) is 12.9. The summed E-state index contributed by atoms with van der Waals surface area (Å²) < 4.78 is 13.3. The number of urea groups is 1. The van der Waals surface area contributed by atoms with Crippen LogP contribution < -0.4 is 4.90 Å². The molecule has 1 aromatic heterocycles. The van der Waals surface area contributed by atoms with E-state index in [-0.39, 0.29) is 17.9 Å². The third kappa shape index (κ3) is 2.27. The summed E-state index contributed by atoms with van der Waals surface area (Å²) in [6, 6.07) is 10.7. The Bertz CT molecular complexity index is 746. The summed E-state index contributed by atoms with van der Waals surface area (Å²) in [6.07, 6.45) is 4.93. The highest BCUT2D eigenvalue weighted by Gasteiger charge is 2.47. The zero-order chi connectivity index (χ0) is 16.0. The molecule has 2 aliphatic rings. The highest BCUT2D eigenvalue weighted by Crippen LogP contribution is 2.37. The smallest absolute Gasteiger partial charge is 0.322 e. The van der Waals surface area contributed by atoms with Crippen LogP contribution in [0.3, 0.4) is 0 Å². The highest BCUT2D eigenvalue weighted by molar-refractivity contribution is 5.94. The molecule has 4 rings (SSSR count). The van der Waals surface area contributed by atoms with Crippen molar-refractivity contribution in [3.05, 3.63) is 48.4 Å². The van der Waals surface area contributed by atoms with E-state index in [4.69, 9.17) is 0 Å². The summed E-state index contributed by atoms with van der Waals surface area (Å²) in [5, 5.41) is 0. The first-order valence-corrected chi connectivity index (χ1v) is 7.93. The molecule has 4 nitrogen and oxygen atoms in total. The van der Waals surface area contributed by atoms with Crippen molar-refractivity contribution in [2.75, 3.05) is 11.9 Å². The highest BCUT2D eigenvalue weighted by atomic mass is 19.1. The molecule has 2 fully saturated rings. The fourth-order valence-electron chi connectivity index (χ4n) is 3.76. The molecule has 0 bridgehead atoms. The first kappa shape index (κ1) is 14.2. The summed E-state index contributed by atoms with van der Waals surface area (Å²) >= 11 is 0. The predicted octanol–water partition coefficient (Wildman–Crippen LogP) is 3.68. The van der Waals surface area contributed by atoms with E-state index in [0.29, 0.717) is 11.9 Å². The number of hydrogen-bond acceptors (Lipinski definition) is 2. The molecule has 1 aromatic carbocycles. The molecule has 2 atom stereocenters. The molecule has 0 unspecified atom stereocenters. The van der Waals surface area contributed by atoms with Gasteiger partial charge in [-0.15, -0.1) is 0 Å². The second-order valence-corrected chi connectivity index (χ2v) is 6.24. The van der Waals surface area contributed by atoms with E-state index in [2.05, 4.69) is 4.98 Å². The molecule has 2 heterocycles. The summed E-state index contributed by atoms with van der Waals surface area (Å²) in [6.45, 7) is 0. The van der Waals surface area contributed by atoms with E-state index in [1.807, 2.05) is 35.0 Å². The van der Waals surface area contributed by atoms with Gasteiger partial charge >= 0.3 is 6.03 Å². The van der Waals surface area contributed by atoms with Gasteiger partial charge in [-0.2, -0.15) is 0 Å². The normalized spacial score (nSPS) is 23.5. The summed E-state index contributed by atoms with van der Waals surface area (Å²) in [7, 11) is 1.87. The zero-order valence-electron chi connectivity index (χ0n) is 12.9. The topological polar surface area (TPSA) is 36.4 Å². The van der Waals surface area contributed by atoms with Crippen LogP contribution in [-0.2, 0) is 0 Å². The van der Waals surface area contributed by atoms with Gasteiger partial charge in [-0.05, 0) is 49.1 Å². The fourth-order valence-corrected chi connectivity index (χ4v) is 3.76. The minimum absolute atomic E-state index is 0.0192. The van der Waals surface area contributed by atoms with Crippen molar-refractivity contribution in [3.8, 4) is 11.1 Å². The quantitative estimate of drug-likeness (QED) is 0.848. The lowest BCUT2D eigenvalue weighted by Gasteiger charge is -2.21. The van der Waals surface area contributed by atoms with E-state index in [1.165, 1.54) is 12.1 Å². The van der Waals surface area contributed by atoms with Crippen LogP contribution in [-0.4, -0.2) is 35.0 Å². The van der Waals surface area contributed by atoms with Crippen molar-refractivity contribution in [2.24, 2.45) is 0 Å². The molecule has 2 amide bonds. The molecular formula is C18H18FN3O. The molecule has 0 spiro atoms. The first-order valence-electron chi connectivity index (χ1n) is 7.93. The maximum absolute atomic E-state index is 13.3. The van der Waals surface area contributed by atoms with Gasteiger partial charge in [0.1, 0.15) is 11.6 Å². The van der Waals surface area contributed by atoms with Crippen molar-refractivity contribution in [2.45, 2.75) is 31.3 Å². The number of pyridine rings is 1. The van der Waals surface area contributed by atoms with Gasteiger partial charge in [-0.3, -0.25) is 4.90 Å². The third-order valence-corrected chi connectivity index (χ3v) is 4.93. The number of likely N-dealkylation sites (N-methyl/N-ethyl adjacent to an activating group) is 1. The second kappa shape index (κ2) is 5.33. The first-order chi connectivity index (χ1) is 11.1. The number of halogens is 1. The van der Waals surface area contributed by atoms with Crippen LogP contribution in [0.1, 0.15) is 19.3 Å². The lowest BCUT2D eigenvalue weighted by atomic mass is 10.1. The third-order valence-electron chi connectivity index (χ3n) is 4.93. The minimum atomic E-state index is -0.267. The Morgan fingerprint density at radius 1 is 1.13 bits per heavy atom. The molecule has 5 heteroatoms. The molecule has 1 aliphatic heterocycles. The van der Waals surface area contributed by atoms with Crippen molar-refractivity contribution in [3.63, 3.8) is 0 Å². The van der Waals surface area contributed by atoms with Gasteiger partial charge < -0.3 is 4.90 Å². The lowest BCUT2D eigenvalue weighted by molar-refractivity contribution is 0.218. The average Bonchev–Trinajstić information content (AvgIpc) is 3.12. The Kier molecular flexibility index (Phi) is 3.29. The number of fused-ring (bicyclic) bond motifs is 1. The van der Waals surface area contributed by atoms with E-state index in [9.17, 15) is 9.18 Å². The number of nitrogens with zero attached hydrogens (tertiary/aromatic N) is 3. The van der Waals surface area contributed by atoms with Crippen molar-refractivity contribution in [1.82, 2.24) is 9.88 Å². The monoisotopic (exact) mass is 311 g/mol. The number of carbonyl (C=O) groups is 1. The number of hydrogen-bond donors (Lipinski definition) is 0. The average molecular weight is 311 g/mol. The number of benzene rings is 1. The number of rotatable bonds is 2. The van der Waals surface area contributed by atoms with Gasteiger partial charge in [0.2, 0.25) is 0 Å². The fraction of sp³-hybridized carbons (Fsp3) is 0.333. The SMILES string of the molecule is CN1C(=O)N(c2ccc(-c3cccc(F)c3)cn2)[C@@H]2CCC[C@@H]21. The second-order valence-electron chi connectivity index (χ2n) is 6.24. The van der Waals surface area contributed by atoms with Gasteiger partial charge in [0.05, 0.1) is 12.1 Å². The van der Waals surface area contributed by atoms with Crippen LogP contribution >= 0.6 is 0 Å². The summed E-state index contributed by atoms with van der Waals surface area (Å²) in [4.78, 5) is 20.6. The van der Waals surface area contributed by atoms with Gasteiger partial charge in [0.25, 0.3) is 0 Å². The molecule has 0 radical (unpaired) electrons. The predicted molar refractivity (Wildman–Crippen MR) is 86.7 cm³/mol. The minimum Gasteiger partial charge on any atom is -0.322 e. The molecule has 1 saturated heterocycles. The summed E-state index contributed by atoms with van der Waals surface area (Å²) in [5.41, 5.74) is 1.63. The molecule has 1 aliphatic carbocycles. The maximum atomic E-state index is 13.3. The van der Waals surface area contributed by atoms with E-state index in [0.717, 1.165) is 30.4 Å². The molecule has 2 aromatic rings. The van der Waals surface area contributed by atoms with Crippen molar-refractivity contribution >= 4 is 11.8 Å². The van der Waals surface area contributed by atoms with Crippen LogP contribution in [0.15, 0.2) is 42.6 Å². The lowest BCUT2D eigenvalue weighted by Crippen LogP contribution is -2.34. The Morgan fingerprint density at radius 3 is 2.70 bits per heavy atom. The Labute approximate surface area is 134 Å². The van der Waals surface area contributed by atoms with Crippen LogP contribution in [0.2, 0.25) is 0 Å². The van der Waals surface area contributed by atoms with Crippen molar-refractivity contribution in [1.29, 1.82) is 0 Å². The van der Waals surface area contributed by atoms with E-state index in [1.54, 1.807) is 12.3 Å². The number of carbonyl (C=O) groups excluding carboxylic acids is 1. The largest absolute Gasteiger partial charge is 0.326 e. The molecular weight excluding hydrogens is 293 g/mol. The molecule has 23 heavy (non-hydrogen) atoms. The van der Waals surface area contributed by atoms with Gasteiger partial charge in [-0.1, -0.05) is 12.1 Å². The van der Waals surface area contributed by atoms with Crippen LogP contribution in [0, 0.1) is 5.82 Å². The summed E-state index contributed by atoms with van der Waals surface area (Å²) in [5.74, 6) is 0.410.